The van der Waals surface area contributed by atoms with E-state index in [4.69, 9.17) is 9.47 Å². The lowest BCUT2D eigenvalue weighted by molar-refractivity contribution is 0.102. The number of ether oxygens (including phenoxy) is 2. The maximum absolute atomic E-state index is 12.5. The van der Waals surface area contributed by atoms with Crippen molar-refractivity contribution in [3.8, 4) is 11.5 Å². The summed E-state index contributed by atoms with van der Waals surface area (Å²) >= 11 is 0. The van der Waals surface area contributed by atoms with Crippen molar-refractivity contribution in [1.29, 1.82) is 0 Å². The summed E-state index contributed by atoms with van der Waals surface area (Å²) in [6.07, 6.45) is 2.48. The molecule has 0 bridgehead atoms. The number of aromatic nitrogens is 1. The van der Waals surface area contributed by atoms with E-state index in [1.165, 1.54) is 5.56 Å². The molecule has 1 heterocycles. The van der Waals surface area contributed by atoms with Crippen LogP contribution < -0.4 is 20.1 Å². The lowest BCUT2D eigenvalue weighted by Crippen LogP contribution is -2.12. The van der Waals surface area contributed by atoms with Crippen LogP contribution in [0.2, 0.25) is 0 Å². The van der Waals surface area contributed by atoms with Crippen molar-refractivity contribution in [2.45, 2.75) is 20.3 Å². The number of nitrogens with one attached hydrogen (secondary N) is 2. The highest BCUT2D eigenvalue weighted by atomic mass is 16.5. The average molecular weight is 391 g/mol. The number of aryl methyl sites for hydroxylation is 2. The predicted octanol–water partition coefficient (Wildman–Crippen LogP) is 4.97. The number of anilines is 3. The molecule has 0 radical (unpaired) electrons. The first-order valence-electron chi connectivity index (χ1n) is 9.40. The zero-order valence-electron chi connectivity index (χ0n) is 17.1. The van der Waals surface area contributed by atoms with Crippen LogP contribution in [0.4, 0.5) is 17.2 Å². The Bertz CT molecular complexity index is 1000. The molecule has 150 valence electrons. The molecule has 0 saturated heterocycles. The van der Waals surface area contributed by atoms with E-state index in [1.54, 1.807) is 50.7 Å². The van der Waals surface area contributed by atoms with Gasteiger partial charge in [-0.2, -0.15) is 0 Å². The monoisotopic (exact) mass is 391 g/mol. The van der Waals surface area contributed by atoms with E-state index in [-0.39, 0.29) is 5.91 Å². The first kappa shape index (κ1) is 20.2. The average Bonchev–Trinajstić information content (AvgIpc) is 2.75. The predicted molar refractivity (Wildman–Crippen MR) is 116 cm³/mol. The lowest BCUT2D eigenvalue weighted by atomic mass is 10.1. The van der Waals surface area contributed by atoms with E-state index >= 15 is 0 Å². The van der Waals surface area contributed by atoms with Crippen molar-refractivity contribution in [3.63, 3.8) is 0 Å². The first-order valence-corrected chi connectivity index (χ1v) is 9.40. The summed E-state index contributed by atoms with van der Waals surface area (Å²) in [5.41, 5.74) is 4.52. The molecule has 1 amide bonds. The van der Waals surface area contributed by atoms with Crippen molar-refractivity contribution in [2.24, 2.45) is 0 Å². The van der Waals surface area contributed by atoms with Gasteiger partial charge in [0.25, 0.3) is 5.91 Å². The molecule has 1 aromatic heterocycles. The van der Waals surface area contributed by atoms with E-state index in [9.17, 15) is 4.79 Å². The Balaban J connectivity index is 1.73. The van der Waals surface area contributed by atoms with Gasteiger partial charge in [-0.05, 0) is 48.7 Å². The standard InChI is InChI=1S/C23H25N3O3/c1-5-16-8-6-7-15(2)22(16)26-21-12-9-17(14-24-21)23(27)25-18-10-11-19(28-3)20(13-18)29-4/h6-14H,5H2,1-4H3,(H,24,26)(H,25,27). The molecular weight excluding hydrogens is 366 g/mol. The second kappa shape index (κ2) is 9.10. The van der Waals surface area contributed by atoms with Crippen molar-refractivity contribution >= 4 is 23.1 Å². The third kappa shape index (κ3) is 4.66. The SMILES string of the molecule is CCc1cccc(C)c1Nc1ccc(C(=O)Nc2ccc(OC)c(OC)c2)cn1. The van der Waals surface area contributed by atoms with Crippen LogP contribution in [-0.4, -0.2) is 25.1 Å². The van der Waals surface area contributed by atoms with E-state index < -0.39 is 0 Å². The molecule has 0 aliphatic carbocycles. The van der Waals surface area contributed by atoms with Crippen LogP contribution in [0.5, 0.6) is 11.5 Å². The molecule has 6 nitrogen and oxygen atoms in total. The van der Waals surface area contributed by atoms with Gasteiger partial charge in [0.05, 0.1) is 19.8 Å². The number of pyridine rings is 1. The van der Waals surface area contributed by atoms with Gasteiger partial charge in [0.15, 0.2) is 11.5 Å². The highest BCUT2D eigenvalue weighted by Crippen LogP contribution is 2.30. The zero-order chi connectivity index (χ0) is 20.8. The molecule has 0 aliphatic rings. The number of carbonyl (C=O) groups is 1. The Morgan fingerprint density at radius 2 is 1.83 bits per heavy atom. The second-order valence-electron chi connectivity index (χ2n) is 6.54. The normalized spacial score (nSPS) is 10.3. The lowest BCUT2D eigenvalue weighted by Gasteiger charge is -2.14. The highest BCUT2D eigenvalue weighted by Gasteiger charge is 2.11. The van der Waals surface area contributed by atoms with Crippen molar-refractivity contribution in [2.75, 3.05) is 24.9 Å². The van der Waals surface area contributed by atoms with Gasteiger partial charge in [-0.1, -0.05) is 25.1 Å². The summed E-state index contributed by atoms with van der Waals surface area (Å²) in [5.74, 6) is 1.59. The molecule has 0 saturated carbocycles. The molecule has 0 aliphatic heterocycles. The molecule has 3 aromatic rings. The van der Waals surface area contributed by atoms with Gasteiger partial charge in [0.1, 0.15) is 5.82 Å². The van der Waals surface area contributed by atoms with Gasteiger partial charge >= 0.3 is 0 Å². The Morgan fingerprint density at radius 1 is 1.03 bits per heavy atom. The number of para-hydroxylation sites is 1. The fraction of sp³-hybridized carbons (Fsp3) is 0.217. The zero-order valence-corrected chi connectivity index (χ0v) is 17.1. The number of methoxy groups -OCH3 is 2. The summed E-state index contributed by atoms with van der Waals surface area (Å²) in [6.45, 7) is 4.18. The van der Waals surface area contributed by atoms with Crippen LogP contribution in [0, 0.1) is 6.92 Å². The molecule has 0 unspecified atom stereocenters. The molecule has 2 N–H and O–H groups in total. The summed E-state index contributed by atoms with van der Waals surface area (Å²) in [7, 11) is 3.12. The summed E-state index contributed by atoms with van der Waals surface area (Å²) in [6, 6.07) is 15.0. The van der Waals surface area contributed by atoms with Gasteiger partial charge in [-0.3, -0.25) is 4.79 Å². The molecule has 0 atom stereocenters. The van der Waals surface area contributed by atoms with E-state index in [0.717, 1.165) is 17.7 Å². The van der Waals surface area contributed by atoms with Crippen LogP contribution in [0.3, 0.4) is 0 Å². The van der Waals surface area contributed by atoms with Crippen LogP contribution in [-0.2, 0) is 6.42 Å². The third-order valence-corrected chi connectivity index (χ3v) is 4.66. The minimum Gasteiger partial charge on any atom is -0.493 e. The van der Waals surface area contributed by atoms with Gasteiger partial charge in [0.2, 0.25) is 0 Å². The Morgan fingerprint density at radius 3 is 2.48 bits per heavy atom. The number of benzene rings is 2. The minimum atomic E-state index is -0.249. The van der Waals surface area contributed by atoms with E-state index in [0.29, 0.717) is 28.6 Å². The van der Waals surface area contributed by atoms with Crippen LogP contribution in [0.1, 0.15) is 28.4 Å². The van der Waals surface area contributed by atoms with Crippen molar-refractivity contribution in [3.05, 3.63) is 71.4 Å². The smallest absolute Gasteiger partial charge is 0.257 e. The van der Waals surface area contributed by atoms with Crippen LogP contribution >= 0.6 is 0 Å². The number of hydrogen-bond acceptors (Lipinski definition) is 5. The highest BCUT2D eigenvalue weighted by molar-refractivity contribution is 6.04. The van der Waals surface area contributed by atoms with Crippen molar-refractivity contribution < 1.29 is 14.3 Å². The van der Waals surface area contributed by atoms with Gasteiger partial charge < -0.3 is 20.1 Å². The molecule has 0 spiro atoms. The Hall–Kier alpha value is -3.54. The number of carbonyl (C=O) groups excluding carboxylic acids is 1. The largest absolute Gasteiger partial charge is 0.493 e. The van der Waals surface area contributed by atoms with Gasteiger partial charge in [-0.15, -0.1) is 0 Å². The summed E-state index contributed by atoms with van der Waals surface area (Å²) in [5, 5.41) is 6.21. The van der Waals surface area contributed by atoms with E-state index in [2.05, 4.69) is 41.6 Å². The van der Waals surface area contributed by atoms with Gasteiger partial charge in [0, 0.05) is 23.6 Å². The van der Waals surface area contributed by atoms with Crippen molar-refractivity contribution in [1.82, 2.24) is 4.98 Å². The van der Waals surface area contributed by atoms with E-state index in [1.807, 2.05) is 6.07 Å². The number of amides is 1. The molecule has 3 rings (SSSR count). The Kier molecular flexibility index (Phi) is 6.34. The maximum atomic E-state index is 12.5. The molecule has 6 heteroatoms. The van der Waals surface area contributed by atoms with Gasteiger partial charge in [-0.25, -0.2) is 4.98 Å². The molecule has 0 fully saturated rings. The maximum Gasteiger partial charge on any atom is 0.257 e. The molecular formula is C23H25N3O3. The minimum absolute atomic E-state index is 0.249. The molecule has 29 heavy (non-hydrogen) atoms. The molecule has 2 aromatic carbocycles. The number of rotatable bonds is 7. The summed E-state index contributed by atoms with van der Waals surface area (Å²) in [4.78, 5) is 16.9. The first-order chi connectivity index (χ1) is 14.0. The topological polar surface area (TPSA) is 72.5 Å². The quantitative estimate of drug-likeness (QED) is 0.595. The fourth-order valence-corrected chi connectivity index (χ4v) is 3.05. The summed E-state index contributed by atoms with van der Waals surface area (Å²) < 4.78 is 10.5. The number of hydrogen-bond donors (Lipinski definition) is 2. The van der Waals surface area contributed by atoms with Crippen LogP contribution in [0.25, 0.3) is 0 Å². The number of nitrogens with zero attached hydrogens (tertiary/aromatic N) is 1. The Labute approximate surface area is 170 Å². The second-order valence-corrected chi connectivity index (χ2v) is 6.54. The fourth-order valence-electron chi connectivity index (χ4n) is 3.05. The third-order valence-electron chi connectivity index (χ3n) is 4.66. The van der Waals surface area contributed by atoms with Crippen LogP contribution in [0.15, 0.2) is 54.7 Å².